The Morgan fingerprint density at radius 3 is 2.72 bits per heavy atom. The third-order valence-electron chi connectivity index (χ3n) is 3.39. The van der Waals surface area contributed by atoms with E-state index in [0.717, 1.165) is 12.8 Å². The van der Waals surface area contributed by atoms with Crippen LogP contribution in [0.4, 0.5) is 4.39 Å². The molecule has 4 heteroatoms. The predicted molar refractivity (Wildman–Crippen MR) is 68.2 cm³/mol. The minimum Gasteiger partial charge on any atom is -0.329 e. The largest absolute Gasteiger partial charge is 0.329 e. The van der Waals surface area contributed by atoms with Gasteiger partial charge in [-0.1, -0.05) is 18.2 Å². The Kier molecular flexibility index (Phi) is 4.29. The fourth-order valence-corrected chi connectivity index (χ4v) is 2.36. The maximum absolute atomic E-state index is 13.8. The van der Waals surface area contributed by atoms with Gasteiger partial charge >= 0.3 is 0 Å². The summed E-state index contributed by atoms with van der Waals surface area (Å²) in [6, 6.07) is 9.26. The molecule has 0 aromatic heterocycles. The molecule has 3 nitrogen and oxygen atoms in total. The molecule has 0 bridgehead atoms. The number of hydrogen-bond acceptors (Lipinski definition) is 3. The highest BCUT2D eigenvalue weighted by atomic mass is 19.1. The Hall–Kier alpha value is -1.44. The minimum atomic E-state index is -0.212. The van der Waals surface area contributed by atoms with Gasteiger partial charge in [0, 0.05) is 31.1 Å². The quantitative estimate of drug-likeness (QED) is 0.838. The zero-order chi connectivity index (χ0) is 13.0. The van der Waals surface area contributed by atoms with Crippen LogP contribution in [0.1, 0.15) is 30.9 Å². The summed E-state index contributed by atoms with van der Waals surface area (Å²) in [5.41, 5.74) is 6.46. The van der Waals surface area contributed by atoms with E-state index >= 15 is 0 Å². The van der Waals surface area contributed by atoms with Crippen molar-refractivity contribution in [3.8, 4) is 6.07 Å². The van der Waals surface area contributed by atoms with Crippen LogP contribution in [0, 0.1) is 17.1 Å². The summed E-state index contributed by atoms with van der Waals surface area (Å²) in [6.45, 7) is 1.04. The van der Waals surface area contributed by atoms with Crippen LogP contribution in [-0.4, -0.2) is 24.0 Å². The molecule has 0 spiro atoms. The zero-order valence-electron chi connectivity index (χ0n) is 10.3. The number of halogens is 1. The number of nitrogens with zero attached hydrogens (tertiary/aromatic N) is 2. The van der Waals surface area contributed by atoms with E-state index in [9.17, 15) is 4.39 Å². The third kappa shape index (κ3) is 2.87. The SMILES string of the molecule is N#CCCN(C1CC1)C(CN)c1ccccc1F. The molecule has 1 aliphatic carbocycles. The molecule has 1 aromatic rings. The molecule has 1 aromatic carbocycles. The van der Waals surface area contributed by atoms with Crippen LogP contribution in [0.25, 0.3) is 0 Å². The molecule has 1 aliphatic rings. The first kappa shape index (κ1) is 13.0. The third-order valence-corrected chi connectivity index (χ3v) is 3.39. The molecule has 1 fully saturated rings. The molecular weight excluding hydrogens is 229 g/mol. The lowest BCUT2D eigenvalue weighted by Crippen LogP contribution is -2.36. The van der Waals surface area contributed by atoms with E-state index in [4.69, 9.17) is 11.0 Å². The average molecular weight is 247 g/mol. The molecule has 0 radical (unpaired) electrons. The van der Waals surface area contributed by atoms with E-state index in [0.29, 0.717) is 31.1 Å². The molecule has 96 valence electrons. The summed E-state index contributed by atoms with van der Waals surface area (Å²) in [7, 11) is 0. The first-order valence-electron chi connectivity index (χ1n) is 6.35. The van der Waals surface area contributed by atoms with Crippen LogP contribution in [0.15, 0.2) is 24.3 Å². The Morgan fingerprint density at radius 1 is 1.44 bits per heavy atom. The van der Waals surface area contributed by atoms with E-state index in [1.54, 1.807) is 12.1 Å². The fraction of sp³-hybridized carbons (Fsp3) is 0.500. The van der Waals surface area contributed by atoms with Crippen LogP contribution < -0.4 is 5.73 Å². The average Bonchev–Trinajstić information content (AvgIpc) is 3.20. The van der Waals surface area contributed by atoms with Crippen molar-refractivity contribution in [2.75, 3.05) is 13.1 Å². The molecule has 0 aliphatic heterocycles. The van der Waals surface area contributed by atoms with Crippen LogP contribution in [0.3, 0.4) is 0 Å². The van der Waals surface area contributed by atoms with Gasteiger partial charge in [0.15, 0.2) is 0 Å². The van der Waals surface area contributed by atoms with Gasteiger partial charge in [0.1, 0.15) is 5.82 Å². The lowest BCUT2D eigenvalue weighted by Gasteiger charge is -2.30. The summed E-state index contributed by atoms with van der Waals surface area (Å²) in [4.78, 5) is 2.18. The van der Waals surface area contributed by atoms with Gasteiger partial charge in [-0.05, 0) is 18.9 Å². The lowest BCUT2D eigenvalue weighted by atomic mass is 10.0. The van der Waals surface area contributed by atoms with Crippen LogP contribution in [-0.2, 0) is 0 Å². The summed E-state index contributed by atoms with van der Waals surface area (Å²) < 4.78 is 13.8. The molecule has 2 rings (SSSR count). The van der Waals surface area contributed by atoms with Gasteiger partial charge in [0.25, 0.3) is 0 Å². The Morgan fingerprint density at radius 2 is 2.17 bits per heavy atom. The molecular formula is C14H18FN3. The predicted octanol–water partition coefficient (Wildman–Crippen LogP) is 2.20. The smallest absolute Gasteiger partial charge is 0.128 e. The van der Waals surface area contributed by atoms with Crippen molar-refractivity contribution in [3.63, 3.8) is 0 Å². The summed E-state index contributed by atoms with van der Waals surface area (Å²) in [5, 5.41) is 8.71. The van der Waals surface area contributed by atoms with Crippen LogP contribution in [0.2, 0.25) is 0 Å². The second-order valence-corrected chi connectivity index (χ2v) is 4.65. The van der Waals surface area contributed by atoms with Gasteiger partial charge in [0.05, 0.1) is 12.1 Å². The standard InChI is InChI=1S/C14H18FN3/c15-13-5-2-1-4-12(13)14(10-17)18(9-3-8-16)11-6-7-11/h1-2,4-5,11,14H,3,6-7,9-10,17H2. The van der Waals surface area contributed by atoms with Gasteiger partial charge in [0.2, 0.25) is 0 Å². The minimum absolute atomic E-state index is 0.118. The molecule has 1 unspecified atom stereocenters. The first-order chi connectivity index (χ1) is 8.77. The Balaban J connectivity index is 2.20. The van der Waals surface area contributed by atoms with Crippen molar-refractivity contribution in [1.29, 1.82) is 5.26 Å². The van der Waals surface area contributed by atoms with Crippen molar-refractivity contribution in [2.24, 2.45) is 5.73 Å². The van der Waals surface area contributed by atoms with Crippen LogP contribution >= 0.6 is 0 Å². The molecule has 1 saturated carbocycles. The van der Waals surface area contributed by atoms with Gasteiger partial charge in [-0.15, -0.1) is 0 Å². The summed E-state index contributed by atoms with van der Waals surface area (Å²) >= 11 is 0. The lowest BCUT2D eigenvalue weighted by molar-refractivity contribution is 0.192. The second kappa shape index (κ2) is 5.94. The van der Waals surface area contributed by atoms with Gasteiger partial charge in [-0.2, -0.15) is 5.26 Å². The number of nitrogens with two attached hydrogens (primary N) is 1. The Labute approximate surface area is 107 Å². The summed E-state index contributed by atoms with van der Waals surface area (Å²) in [5.74, 6) is -0.212. The molecule has 0 amide bonds. The molecule has 0 saturated heterocycles. The number of benzene rings is 1. The number of nitriles is 1. The molecule has 2 N–H and O–H groups in total. The molecule has 18 heavy (non-hydrogen) atoms. The van der Waals surface area contributed by atoms with E-state index in [1.165, 1.54) is 6.07 Å². The monoisotopic (exact) mass is 247 g/mol. The maximum atomic E-state index is 13.8. The topological polar surface area (TPSA) is 53.0 Å². The van der Waals surface area contributed by atoms with E-state index in [1.807, 2.05) is 6.07 Å². The second-order valence-electron chi connectivity index (χ2n) is 4.65. The van der Waals surface area contributed by atoms with Crippen molar-refractivity contribution in [1.82, 2.24) is 4.90 Å². The van der Waals surface area contributed by atoms with Gasteiger partial charge < -0.3 is 5.73 Å². The summed E-state index contributed by atoms with van der Waals surface area (Å²) in [6.07, 6.45) is 2.70. The highest BCUT2D eigenvalue weighted by Crippen LogP contribution is 2.34. The molecule has 0 heterocycles. The number of hydrogen-bond donors (Lipinski definition) is 1. The van der Waals surface area contributed by atoms with E-state index < -0.39 is 0 Å². The van der Waals surface area contributed by atoms with E-state index in [-0.39, 0.29) is 11.9 Å². The normalized spacial score (nSPS) is 16.6. The number of rotatable bonds is 6. The van der Waals surface area contributed by atoms with E-state index in [2.05, 4.69) is 11.0 Å². The fourth-order valence-electron chi connectivity index (χ4n) is 2.36. The zero-order valence-corrected chi connectivity index (χ0v) is 10.3. The van der Waals surface area contributed by atoms with Gasteiger partial charge in [-0.3, -0.25) is 4.90 Å². The first-order valence-corrected chi connectivity index (χ1v) is 6.35. The highest BCUT2D eigenvalue weighted by molar-refractivity contribution is 5.22. The van der Waals surface area contributed by atoms with Crippen LogP contribution in [0.5, 0.6) is 0 Å². The Bertz CT molecular complexity index is 437. The van der Waals surface area contributed by atoms with Crippen molar-refractivity contribution < 1.29 is 4.39 Å². The van der Waals surface area contributed by atoms with Gasteiger partial charge in [-0.25, -0.2) is 4.39 Å². The highest BCUT2D eigenvalue weighted by Gasteiger charge is 2.34. The molecule has 1 atom stereocenters. The maximum Gasteiger partial charge on any atom is 0.128 e. The van der Waals surface area contributed by atoms with Crippen molar-refractivity contribution in [3.05, 3.63) is 35.6 Å². The van der Waals surface area contributed by atoms with Crippen molar-refractivity contribution in [2.45, 2.75) is 31.3 Å². The van der Waals surface area contributed by atoms with Crippen molar-refractivity contribution >= 4 is 0 Å².